The van der Waals surface area contributed by atoms with Crippen LogP contribution in [0.3, 0.4) is 0 Å². The number of carbonyl (C=O) groups is 2. The second-order valence-corrected chi connectivity index (χ2v) is 10.1. The number of amides is 3. The minimum atomic E-state index is -0.251. The Morgan fingerprint density at radius 3 is 2.20 bits per heavy atom. The maximum Gasteiger partial charge on any atom is 0.319 e. The average molecular weight is 483 g/mol. The minimum Gasteiger partial charge on any atom is -0.493 e. The molecule has 0 heterocycles. The molecule has 0 bridgehead atoms. The molecule has 0 saturated heterocycles. The Balaban J connectivity index is 1.81. The summed E-state index contributed by atoms with van der Waals surface area (Å²) in [4.78, 5) is 22.4. The first kappa shape index (κ1) is 28.0. The van der Waals surface area contributed by atoms with Crippen LogP contribution in [0.15, 0.2) is 42.5 Å². The summed E-state index contributed by atoms with van der Waals surface area (Å²) in [5.41, 5.74) is 9.25. The molecule has 4 N–H and O–H groups in total. The van der Waals surface area contributed by atoms with Crippen LogP contribution < -0.4 is 26.2 Å². The fraction of sp³-hybridized carbons (Fsp3) is 0.500. The number of ether oxygens (including phenoxy) is 1. The van der Waals surface area contributed by atoms with Crippen LogP contribution in [0, 0.1) is 0 Å². The number of rotatable bonds is 14. The molecule has 0 saturated carbocycles. The molecule has 7 heteroatoms. The largest absolute Gasteiger partial charge is 0.493 e. The maximum absolute atomic E-state index is 12.1. The third-order valence-electron chi connectivity index (χ3n) is 6.79. The summed E-state index contributed by atoms with van der Waals surface area (Å²) in [6.07, 6.45) is 4.34. The molecule has 7 nitrogen and oxygen atoms in total. The van der Waals surface area contributed by atoms with Crippen molar-refractivity contribution in [3.63, 3.8) is 0 Å². The first-order chi connectivity index (χ1) is 16.6. The molecular weight excluding hydrogens is 440 g/mol. The van der Waals surface area contributed by atoms with Crippen molar-refractivity contribution in [2.45, 2.75) is 78.1 Å². The van der Waals surface area contributed by atoms with Gasteiger partial charge in [-0.05, 0) is 72.4 Å². The topological polar surface area (TPSA) is 91.5 Å². The second-order valence-electron chi connectivity index (χ2n) is 10.1. The van der Waals surface area contributed by atoms with Crippen LogP contribution in [0.2, 0.25) is 0 Å². The number of urea groups is 1. The lowest BCUT2D eigenvalue weighted by Crippen LogP contribution is -2.29. The molecule has 0 radical (unpaired) electrons. The molecule has 192 valence electrons. The molecule has 0 aliphatic rings. The van der Waals surface area contributed by atoms with Gasteiger partial charge in [0.25, 0.3) is 0 Å². The molecule has 2 rings (SSSR count). The van der Waals surface area contributed by atoms with E-state index in [9.17, 15) is 9.59 Å². The van der Waals surface area contributed by atoms with E-state index in [2.05, 4.69) is 81.2 Å². The van der Waals surface area contributed by atoms with Crippen LogP contribution in [-0.4, -0.2) is 25.6 Å². The Morgan fingerprint density at radius 1 is 0.914 bits per heavy atom. The van der Waals surface area contributed by atoms with Gasteiger partial charge in [0, 0.05) is 17.8 Å². The number of unbranched alkanes of at least 4 members (excludes halogenated alkanes) is 1. The van der Waals surface area contributed by atoms with Gasteiger partial charge in [0.1, 0.15) is 5.75 Å². The summed E-state index contributed by atoms with van der Waals surface area (Å²) in [7, 11) is 0. The zero-order valence-corrected chi connectivity index (χ0v) is 22.1. The van der Waals surface area contributed by atoms with Gasteiger partial charge in [-0.3, -0.25) is 15.6 Å². The smallest absolute Gasteiger partial charge is 0.319 e. The fourth-order valence-electron chi connectivity index (χ4n) is 3.54. The number of benzene rings is 2. The Morgan fingerprint density at radius 2 is 1.57 bits per heavy atom. The second kappa shape index (κ2) is 13.0. The van der Waals surface area contributed by atoms with E-state index < -0.39 is 0 Å². The van der Waals surface area contributed by atoms with Gasteiger partial charge in [0.05, 0.1) is 12.3 Å². The van der Waals surface area contributed by atoms with Gasteiger partial charge >= 0.3 is 6.03 Å². The molecule has 0 aliphatic carbocycles. The lowest BCUT2D eigenvalue weighted by atomic mass is 9.76. The number of nitrogens with one attached hydrogen (secondary N) is 4. The third-order valence-corrected chi connectivity index (χ3v) is 6.79. The van der Waals surface area contributed by atoms with Crippen LogP contribution in [0.5, 0.6) is 5.75 Å². The summed E-state index contributed by atoms with van der Waals surface area (Å²) < 4.78 is 6.21. The average Bonchev–Trinajstić information content (AvgIpc) is 2.85. The molecule has 0 aromatic heterocycles. The molecule has 0 spiro atoms. The Hall–Kier alpha value is -3.22. The van der Waals surface area contributed by atoms with E-state index in [1.54, 1.807) is 24.3 Å². The van der Waals surface area contributed by atoms with E-state index in [-0.39, 0.29) is 16.9 Å². The van der Waals surface area contributed by atoms with Gasteiger partial charge < -0.3 is 15.4 Å². The SMILES string of the molecule is CCC(C)(C)c1ccc(OCCCCNC(=O)Nc2ccc(NNC=O)cc2)c(C(C)(C)CC)c1. The van der Waals surface area contributed by atoms with Crippen molar-refractivity contribution in [3.05, 3.63) is 53.6 Å². The highest BCUT2D eigenvalue weighted by Crippen LogP contribution is 2.38. The van der Waals surface area contributed by atoms with Gasteiger partial charge in [-0.1, -0.05) is 53.7 Å². The van der Waals surface area contributed by atoms with Crippen LogP contribution in [0.4, 0.5) is 16.2 Å². The Bertz CT molecular complexity index is 955. The van der Waals surface area contributed by atoms with Crippen molar-refractivity contribution in [1.29, 1.82) is 0 Å². The van der Waals surface area contributed by atoms with Crippen LogP contribution in [0.25, 0.3) is 0 Å². The Kier molecular flexibility index (Phi) is 10.4. The van der Waals surface area contributed by atoms with Crippen molar-refractivity contribution in [2.24, 2.45) is 0 Å². The van der Waals surface area contributed by atoms with E-state index in [0.717, 1.165) is 37.1 Å². The highest BCUT2D eigenvalue weighted by molar-refractivity contribution is 5.89. The standard InChI is InChI=1S/C28H42N4O3/c1-7-27(3,4)21-11-16-25(24(19-21)28(5,6)8-2)35-18-10-9-17-29-26(34)31-22-12-14-23(15-13-22)32-30-20-33/h11-16,19-20,32H,7-10,17-18H2,1-6H3,(H,30,33)(H2,29,31,34). The molecule has 0 unspecified atom stereocenters. The highest BCUT2D eigenvalue weighted by atomic mass is 16.5. The van der Waals surface area contributed by atoms with E-state index >= 15 is 0 Å². The lowest BCUT2D eigenvalue weighted by molar-refractivity contribution is -0.109. The maximum atomic E-state index is 12.1. The van der Waals surface area contributed by atoms with E-state index in [0.29, 0.717) is 25.2 Å². The molecule has 0 aliphatic heterocycles. The van der Waals surface area contributed by atoms with Gasteiger partial charge in [0.15, 0.2) is 0 Å². The van der Waals surface area contributed by atoms with Crippen molar-refractivity contribution < 1.29 is 14.3 Å². The molecule has 0 atom stereocenters. The van der Waals surface area contributed by atoms with Gasteiger partial charge in [-0.2, -0.15) is 0 Å². The van der Waals surface area contributed by atoms with Gasteiger partial charge in [0.2, 0.25) is 6.41 Å². The zero-order valence-electron chi connectivity index (χ0n) is 22.1. The summed E-state index contributed by atoms with van der Waals surface area (Å²) in [6.45, 7) is 14.7. The van der Waals surface area contributed by atoms with Crippen LogP contribution in [-0.2, 0) is 15.6 Å². The highest BCUT2D eigenvalue weighted by Gasteiger charge is 2.26. The number of anilines is 2. The molecule has 2 aromatic carbocycles. The number of carbonyl (C=O) groups excluding carboxylic acids is 2. The van der Waals surface area contributed by atoms with Crippen molar-refractivity contribution >= 4 is 23.8 Å². The summed E-state index contributed by atoms with van der Waals surface area (Å²) in [6, 6.07) is 13.4. The van der Waals surface area contributed by atoms with Crippen molar-refractivity contribution in [2.75, 3.05) is 23.9 Å². The van der Waals surface area contributed by atoms with Crippen molar-refractivity contribution in [1.82, 2.24) is 10.7 Å². The lowest BCUT2D eigenvalue weighted by Gasteiger charge is -2.30. The van der Waals surface area contributed by atoms with E-state index in [4.69, 9.17) is 4.74 Å². The van der Waals surface area contributed by atoms with Gasteiger partial charge in [-0.25, -0.2) is 4.79 Å². The molecule has 3 amide bonds. The summed E-state index contributed by atoms with van der Waals surface area (Å²) in [5.74, 6) is 0.958. The third kappa shape index (κ3) is 8.50. The van der Waals surface area contributed by atoms with Crippen molar-refractivity contribution in [3.8, 4) is 5.75 Å². The molecule has 0 fully saturated rings. The normalized spacial score (nSPS) is 11.5. The predicted molar refractivity (Wildman–Crippen MR) is 144 cm³/mol. The Labute approximate surface area is 210 Å². The van der Waals surface area contributed by atoms with Gasteiger partial charge in [-0.15, -0.1) is 0 Å². The number of hydrogen-bond acceptors (Lipinski definition) is 4. The first-order valence-electron chi connectivity index (χ1n) is 12.5. The zero-order chi connectivity index (χ0) is 25.9. The van der Waals surface area contributed by atoms with E-state index in [1.165, 1.54) is 11.1 Å². The summed E-state index contributed by atoms with van der Waals surface area (Å²) in [5, 5.41) is 5.67. The molecule has 35 heavy (non-hydrogen) atoms. The fourth-order valence-corrected chi connectivity index (χ4v) is 3.54. The molecule has 2 aromatic rings. The van der Waals surface area contributed by atoms with Crippen LogP contribution >= 0.6 is 0 Å². The number of hydrazine groups is 1. The minimum absolute atomic E-state index is 0.0358. The van der Waals surface area contributed by atoms with Crippen LogP contribution in [0.1, 0.15) is 78.4 Å². The molecular formula is C28H42N4O3. The quantitative estimate of drug-likeness (QED) is 0.148. The summed E-state index contributed by atoms with van der Waals surface area (Å²) >= 11 is 0. The number of hydrogen-bond donors (Lipinski definition) is 4. The first-order valence-corrected chi connectivity index (χ1v) is 12.5. The van der Waals surface area contributed by atoms with E-state index in [1.807, 2.05) is 0 Å². The monoisotopic (exact) mass is 482 g/mol. The predicted octanol–water partition coefficient (Wildman–Crippen LogP) is 6.12.